The molecular weight excluding hydrogens is 545 g/mol. The minimum absolute atomic E-state index is 0.0587. The van der Waals surface area contributed by atoms with Crippen LogP contribution in [0, 0.1) is 11.7 Å². The number of rotatable bonds is 13. The number of anilines is 1. The Bertz CT molecular complexity index is 1460. The number of hydrogen-bond acceptors (Lipinski definition) is 5. The molecule has 41 heavy (non-hydrogen) atoms. The zero-order valence-electron chi connectivity index (χ0n) is 23.7. The molecular formula is C31H36FN3O5S. The van der Waals surface area contributed by atoms with E-state index in [0.717, 1.165) is 16.1 Å². The predicted molar refractivity (Wildman–Crippen MR) is 157 cm³/mol. The lowest BCUT2D eigenvalue weighted by Crippen LogP contribution is -2.53. The van der Waals surface area contributed by atoms with Crippen molar-refractivity contribution in [1.29, 1.82) is 0 Å². The Morgan fingerprint density at radius 3 is 2.15 bits per heavy atom. The average Bonchev–Trinajstić information content (AvgIpc) is 2.93. The largest absolute Gasteiger partial charge is 0.354 e. The Kier molecular flexibility index (Phi) is 10.8. The van der Waals surface area contributed by atoms with Crippen LogP contribution in [0.3, 0.4) is 0 Å². The smallest absolute Gasteiger partial charge is 0.244 e. The van der Waals surface area contributed by atoms with Crippen LogP contribution in [0.25, 0.3) is 0 Å². The minimum atomic E-state index is -3.97. The Balaban J connectivity index is 2.06. The summed E-state index contributed by atoms with van der Waals surface area (Å²) in [4.78, 5) is 40.9. The maximum Gasteiger partial charge on any atom is 0.244 e. The number of nitrogens with zero attached hydrogens (tertiary/aromatic N) is 2. The van der Waals surface area contributed by atoms with Crippen molar-refractivity contribution in [3.63, 3.8) is 0 Å². The summed E-state index contributed by atoms with van der Waals surface area (Å²) in [5.74, 6) is -1.56. The quantitative estimate of drug-likeness (QED) is 0.305. The summed E-state index contributed by atoms with van der Waals surface area (Å²) in [6, 6.07) is 19.8. The first-order valence-corrected chi connectivity index (χ1v) is 15.1. The summed E-state index contributed by atoms with van der Waals surface area (Å²) in [7, 11) is -3.97. The summed E-state index contributed by atoms with van der Waals surface area (Å²) >= 11 is 0. The van der Waals surface area contributed by atoms with Gasteiger partial charge in [-0.15, -0.1) is 0 Å². The Morgan fingerprint density at radius 1 is 0.902 bits per heavy atom. The number of nitrogens with one attached hydrogen (secondary N) is 1. The number of sulfonamides is 1. The molecule has 10 heteroatoms. The molecule has 0 saturated carbocycles. The normalized spacial score (nSPS) is 12.0. The zero-order valence-corrected chi connectivity index (χ0v) is 24.5. The van der Waals surface area contributed by atoms with Gasteiger partial charge in [-0.25, -0.2) is 12.8 Å². The number of hydrogen-bond donors (Lipinski definition) is 1. The first-order valence-electron chi connectivity index (χ1n) is 13.3. The third-order valence-corrected chi connectivity index (χ3v) is 7.58. The molecule has 0 saturated heterocycles. The molecule has 0 radical (unpaired) electrons. The van der Waals surface area contributed by atoms with E-state index in [1.54, 1.807) is 12.1 Å². The van der Waals surface area contributed by atoms with Crippen LogP contribution in [0.5, 0.6) is 0 Å². The molecule has 3 rings (SSSR count). The van der Waals surface area contributed by atoms with Crippen molar-refractivity contribution in [3.05, 3.63) is 101 Å². The standard InChI is InChI=1S/C31H36FN3O5S/c1-22(2)19-33-31(38)29(17-24-9-6-5-7-10-24)34(20-25-13-15-27(32)16-14-25)30(37)21-35(41(4,39)40)28-12-8-11-26(18-28)23(3)36/h5-16,18,22,29H,17,19-21H2,1-4H3,(H,33,38). The van der Waals surface area contributed by atoms with Gasteiger partial charge in [-0.05, 0) is 48.2 Å². The van der Waals surface area contributed by atoms with E-state index in [0.29, 0.717) is 17.7 Å². The molecule has 1 atom stereocenters. The fourth-order valence-corrected chi connectivity index (χ4v) is 5.10. The summed E-state index contributed by atoms with van der Waals surface area (Å²) < 4.78 is 40.4. The van der Waals surface area contributed by atoms with E-state index in [4.69, 9.17) is 0 Å². The summed E-state index contributed by atoms with van der Waals surface area (Å²) in [5.41, 5.74) is 1.82. The SMILES string of the molecule is CC(=O)c1cccc(N(CC(=O)N(Cc2ccc(F)cc2)C(Cc2ccccc2)C(=O)NCC(C)C)S(C)(=O)=O)c1. The van der Waals surface area contributed by atoms with E-state index in [-0.39, 0.29) is 36.3 Å². The number of benzene rings is 3. The number of halogens is 1. The van der Waals surface area contributed by atoms with Gasteiger partial charge in [0.2, 0.25) is 21.8 Å². The fourth-order valence-electron chi connectivity index (χ4n) is 4.26. The fraction of sp³-hybridized carbons (Fsp3) is 0.323. The van der Waals surface area contributed by atoms with Crippen molar-refractivity contribution < 1.29 is 27.2 Å². The van der Waals surface area contributed by atoms with Gasteiger partial charge < -0.3 is 10.2 Å². The van der Waals surface area contributed by atoms with Crippen LogP contribution in [0.4, 0.5) is 10.1 Å². The maximum absolute atomic E-state index is 14.0. The number of ketones is 1. The first-order chi connectivity index (χ1) is 19.3. The molecule has 218 valence electrons. The van der Waals surface area contributed by atoms with Gasteiger partial charge in [0.15, 0.2) is 5.78 Å². The molecule has 0 heterocycles. The molecule has 3 aromatic carbocycles. The first kappa shape index (κ1) is 31.5. The highest BCUT2D eigenvalue weighted by molar-refractivity contribution is 7.92. The van der Waals surface area contributed by atoms with Crippen LogP contribution in [-0.4, -0.2) is 56.3 Å². The number of carbonyl (C=O) groups excluding carboxylic acids is 3. The Morgan fingerprint density at radius 2 is 1.56 bits per heavy atom. The van der Waals surface area contributed by atoms with E-state index >= 15 is 0 Å². The van der Waals surface area contributed by atoms with E-state index in [2.05, 4.69) is 5.32 Å². The molecule has 3 aromatic rings. The molecule has 1 N–H and O–H groups in total. The van der Waals surface area contributed by atoms with Crippen molar-refractivity contribution in [3.8, 4) is 0 Å². The molecule has 0 aliphatic carbocycles. The van der Waals surface area contributed by atoms with Gasteiger partial charge in [0.05, 0.1) is 11.9 Å². The van der Waals surface area contributed by atoms with Crippen molar-refractivity contribution in [1.82, 2.24) is 10.2 Å². The molecule has 0 bridgehead atoms. The summed E-state index contributed by atoms with van der Waals surface area (Å²) in [6.07, 6.45) is 1.15. The van der Waals surface area contributed by atoms with Gasteiger partial charge in [-0.3, -0.25) is 18.7 Å². The Hall–Kier alpha value is -4.05. The molecule has 0 aliphatic rings. The monoisotopic (exact) mass is 581 g/mol. The topological polar surface area (TPSA) is 104 Å². The molecule has 8 nitrogen and oxygen atoms in total. The van der Waals surface area contributed by atoms with E-state index < -0.39 is 34.3 Å². The lowest BCUT2D eigenvalue weighted by atomic mass is 10.0. The lowest BCUT2D eigenvalue weighted by molar-refractivity contribution is -0.140. The molecule has 0 fully saturated rings. The van der Waals surface area contributed by atoms with Crippen molar-refractivity contribution in [2.24, 2.45) is 5.92 Å². The van der Waals surface area contributed by atoms with Gasteiger partial charge in [-0.2, -0.15) is 0 Å². The van der Waals surface area contributed by atoms with Gasteiger partial charge in [0.1, 0.15) is 18.4 Å². The highest BCUT2D eigenvalue weighted by Crippen LogP contribution is 2.22. The molecule has 0 aliphatic heterocycles. The van der Waals surface area contributed by atoms with Crippen molar-refractivity contribution in [2.45, 2.75) is 39.8 Å². The maximum atomic E-state index is 14.0. The molecule has 0 aromatic heterocycles. The average molecular weight is 582 g/mol. The second kappa shape index (κ2) is 14.0. The second-order valence-electron chi connectivity index (χ2n) is 10.4. The Labute approximate surface area is 241 Å². The minimum Gasteiger partial charge on any atom is -0.354 e. The third-order valence-electron chi connectivity index (χ3n) is 6.44. The van der Waals surface area contributed by atoms with Gasteiger partial charge in [0, 0.05) is 25.1 Å². The number of Topliss-reactive ketones (excluding diaryl/α,β-unsaturated/α-hetero) is 1. The summed E-state index contributed by atoms with van der Waals surface area (Å²) in [5, 5.41) is 2.91. The van der Waals surface area contributed by atoms with Gasteiger partial charge >= 0.3 is 0 Å². The van der Waals surface area contributed by atoms with Gasteiger partial charge in [0.25, 0.3) is 0 Å². The second-order valence-corrected chi connectivity index (χ2v) is 12.3. The van der Waals surface area contributed by atoms with Crippen molar-refractivity contribution >= 4 is 33.3 Å². The molecule has 0 spiro atoms. The predicted octanol–water partition coefficient (Wildman–Crippen LogP) is 4.21. The van der Waals surface area contributed by atoms with Crippen LogP contribution in [0.2, 0.25) is 0 Å². The zero-order chi connectivity index (χ0) is 30.2. The van der Waals surface area contributed by atoms with Crippen LogP contribution in [0.15, 0.2) is 78.9 Å². The molecule has 2 amide bonds. The number of amides is 2. The highest BCUT2D eigenvalue weighted by Gasteiger charge is 2.33. The lowest BCUT2D eigenvalue weighted by Gasteiger charge is -2.33. The van der Waals surface area contributed by atoms with Gasteiger partial charge in [-0.1, -0.05) is 68.4 Å². The van der Waals surface area contributed by atoms with Crippen LogP contribution in [0.1, 0.15) is 42.3 Å². The molecule has 1 unspecified atom stereocenters. The third kappa shape index (κ3) is 9.24. The van der Waals surface area contributed by atoms with Crippen molar-refractivity contribution in [2.75, 3.05) is 23.7 Å². The highest BCUT2D eigenvalue weighted by atomic mass is 32.2. The van der Waals surface area contributed by atoms with E-state index in [1.807, 2.05) is 44.2 Å². The van der Waals surface area contributed by atoms with E-state index in [9.17, 15) is 27.2 Å². The number of carbonyl (C=O) groups is 3. The van der Waals surface area contributed by atoms with Crippen LogP contribution >= 0.6 is 0 Å². The van der Waals surface area contributed by atoms with Crippen LogP contribution < -0.4 is 9.62 Å². The van der Waals surface area contributed by atoms with Crippen LogP contribution in [-0.2, 0) is 32.6 Å². The van der Waals surface area contributed by atoms with E-state index in [1.165, 1.54) is 48.2 Å². The summed E-state index contributed by atoms with van der Waals surface area (Å²) in [6.45, 7) is 4.99.